The van der Waals surface area contributed by atoms with Gasteiger partial charge in [-0.1, -0.05) is 48.6 Å². The monoisotopic (exact) mass is 274 g/mol. The minimum absolute atomic E-state index is 0. The Hall–Kier alpha value is -0.546. The van der Waals surface area contributed by atoms with Crippen molar-refractivity contribution in [2.75, 3.05) is 0 Å². The molecule has 0 nitrogen and oxygen atoms in total. The SMILES string of the molecule is C1=C\CC/C=C\CC/1.C1=C\CC/C=C\CC/1.[Ni+2]. The van der Waals surface area contributed by atoms with Gasteiger partial charge in [-0.2, -0.15) is 0 Å². The van der Waals surface area contributed by atoms with Crippen LogP contribution in [0.25, 0.3) is 0 Å². The van der Waals surface area contributed by atoms with Crippen LogP contribution in [0.4, 0.5) is 0 Å². The standard InChI is InChI=1S/2C8H12.Ni/c2*1-2-4-6-8-7-5-3-1;/h2*1-2,7-8H,3-6H2;/q;;+2/b2*2-1-,8-7-;. The van der Waals surface area contributed by atoms with E-state index >= 15 is 0 Å². The van der Waals surface area contributed by atoms with E-state index in [-0.39, 0.29) is 16.5 Å². The number of allylic oxidation sites excluding steroid dienone is 8. The van der Waals surface area contributed by atoms with E-state index in [2.05, 4.69) is 48.6 Å². The van der Waals surface area contributed by atoms with E-state index in [0.717, 1.165) is 0 Å². The molecular weight excluding hydrogens is 251 g/mol. The van der Waals surface area contributed by atoms with E-state index in [1.807, 2.05) is 0 Å². The molecule has 0 aromatic carbocycles. The molecule has 96 valence electrons. The maximum atomic E-state index is 2.27. The van der Waals surface area contributed by atoms with Gasteiger partial charge < -0.3 is 0 Å². The van der Waals surface area contributed by atoms with Gasteiger partial charge in [0.25, 0.3) is 0 Å². The Morgan fingerprint density at radius 2 is 0.412 bits per heavy atom. The fourth-order valence-corrected chi connectivity index (χ4v) is 1.71. The van der Waals surface area contributed by atoms with Gasteiger partial charge in [-0.25, -0.2) is 0 Å². The molecule has 0 radical (unpaired) electrons. The second-order valence-electron chi connectivity index (χ2n) is 4.20. The van der Waals surface area contributed by atoms with Crippen LogP contribution in [-0.2, 0) is 16.5 Å². The van der Waals surface area contributed by atoms with Crippen molar-refractivity contribution in [2.45, 2.75) is 51.4 Å². The van der Waals surface area contributed by atoms with Gasteiger partial charge in [-0.3, -0.25) is 0 Å². The van der Waals surface area contributed by atoms with Crippen molar-refractivity contribution >= 4 is 0 Å². The second-order valence-corrected chi connectivity index (χ2v) is 4.20. The maximum absolute atomic E-state index is 2.27. The molecule has 0 N–H and O–H groups in total. The zero-order chi connectivity index (χ0) is 11.3. The summed E-state index contributed by atoms with van der Waals surface area (Å²) >= 11 is 0. The Morgan fingerprint density at radius 1 is 0.294 bits per heavy atom. The Morgan fingerprint density at radius 3 is 0.529 bits per heavy atom. The van der Waals surface area contributed by atoms with Crippen LogP contribution in [0.5, 0.6) is 0 Å². The molecule has 0 fully saturated rings. The van der Waals surface area contributed by atoms with Crippen LogP contribution in [0.2, 0.25) is 0 Å². The van der Waals surface area contributed by atoms with E-state index in [1.54, 1.807) is 0 Å². The van der Waals surface area contributed by atoms with Gasteiger partial charge in [0.05, 0.1) is 0 Å². The summed E-state index contributed by atoms with van der Waals surface area (Å²) in [5.74, 6) is 0. The molecule has 0 bridgehead atoms. The molecule has 0 spiro atoms. The number of hydrogen-bond acceptors (Lipinski definition) is 0. The summed E-state index contributed by atoms with van der Waals surface area (Å²) in [4.78, 5) is 0. The van der Waals surface area contributed by atoms with Gasteiger partial charge >= 0.3 is 16.5 Å². The molecule has 0 aromatic heterocycles. The van der Waals surface area contributed by atoms with E-state index in [1.165, 1.54) is 51.4 Å². The van der Waals surface area contributed by atoms with E-state index in [9.17, 15) is 0 Å². The summed E-state index contributed by atoms with van der Waals surface area (Å²) in [6, 6.07) is 0. The molecule has 0 atom stereocenters. The van der Waals surface area contributed by atoms with Gasteiger partial charge in [0.1, 0.15) is 0 Å². The molecule has 2 aliphatic rings. The first-order valence-electron chi connectivity index (χ1n) is 6.60. The first-order valence-corrected chi connectivity index (χ1v) is 6.60. The normalized spacial score (nSPS) is 26.4. The van der Waals surface area contributed by atoms with Crippen LogP contribution < -0.4 is 0 Å². The summed E-state index contributed by atoms with van der Waals surface area (Å²) in [6.07, 6.45) is 28.0. The first kappa shape index (κ1) is 16.5. The van der Waals surface area contributed by atoms with Crippen molar-refractivity contribution in [3.05, 3.63) is 48.6 Å². The first-order chi connectivity index (χ1) is 8.00. The molecule has 0 amide bonds. The summed E-state index contributed by atoms with van der Waals surface area (Å²) in [6.45, 7) is 0. The molecule has 17 heavy (non-hydrogen) atoms. The minimum atomic E-state index is 0. The summed E-state index contributed by atoms with van der Waals surface area (Å²) in [5.41, 5.74) is 0. The molecule has 0 heterocycles. The van der Waals surface area contributed by atoms with Crippen molar-refractivity contribution in [1.29, 1.82) is 0 Å². The second kappa shape index (κ2) is 13.5. The van der Waals surface area contributed by atoms with Crippen molar-refractivity contribution in [3.63, 3.8) is 0 Å². The number of rotatable bonds is 0. The van der Waals surface area contributed by atoms with Crippen LogP contribution in [0.15, 0.2) is 48.6 Å². The molecule has 0 aliphatic heterocycles. The predicted octanol–water partition coefficient (Wildman–Crippen LogP) is 5.34. The van der Waals surface area contributed by atoms with Gasteiger partial charge in [-0.05, 0) is 51.4 Å². The Labute approximate surface area is 116 Å². The molecular formula is C16H24Ni+2. The fraction of sp³-hybridized carbons (Fsp3) is 0.500. The Balaban J connectivity index is 0.000000284. The number of hydrogen-bond donors (Lipinski definition) is 0. The third kappa shape index (κ3) is 11.7. The maximum Gasteiger partial charge on any atom is 2.00 e. The topological polar surface area (TPSA) is 0 Å². The van der Waals surface area contributed by atoms with Crippen LogP contribution in [0, 0.1) is 0 Å². The van der Waals surface area contributed by atoms with Crippen molar-refractivity contribution in [2.24, 2.45) is 0 Å². The smallest absolute Gasteiger partial charge is 0.0882 e. The third-order valence-electron chi connectivity index (χ3n) is 2.67. The van der Waals surface area contributed by atoms with E-state index in [0.29, 0.717) is 0 Å². The van der Waals surface area contributed by atoms with Gasteiger partial charge in [0.15, 0.2) is 0 Å². The minimum Gasteiger partial charge on any atom is -0.0882 e. The average Bonchev–Trinajstić information content (AvgIpc) is 2.15. The summed E-state index contributed by atoms with van der Waals surface area (Å²) in [7, 11) is 0. The Kier molecular flexibility index (Phi) is 13.1. The van der Waals surface area contributed by atoms with Gasteiger partial charge in [-0.15, -0.1) is 0 Å². The zero-order valence-electron chi connectivity index (χ0n) is 10.6. The third-order valence-corrected chi connectivity index (χ3v) is 2.67. The van der Waals surface area contributed by atoms with Crippen molar-refractivity contribution in [3.8, 4) is 0 Å². The zero-order valence-corrected chi connectivity index (χ0v) is 11.6. The molecule has 0 aromatic rings. The quantitative estimate of drug-likeness (QED) is 0.413. The molecule has 0 saturated heterocycles. The van der Waals surface area contributed by atoms with Gasteiger partial charge in [0, 0.05) is 0 Å². The van der Waals surface area contributed by atoms with Crippen LogP contribution in [0.3, 0.4) is 0 Å². The molecule has 1 heteroatoms. The van der Waals surface area contributed by atoms with Crippen LogP contribution in [-0.4, -0.2) is 0 Å². The van der Waals surface area contributed by atoms with Crippen LogP contribution >= 0.6 is 0 Å². The largest absolute Gasteiger partial charge is 2.00 e. The van der Waals surface area contributed by atoms with Crippen molar-refractivity contribution < 1.29 is 16.5 Å². The fourth-order valence-electron chi connectivity index (χ4n) is 1.71. The van der Waals surface area contributed by atoms with Crippen molar-refractivity contribution in [1.82, 2.24) is 0 Å². The Bertz CT molecular complexity index is 179. The molecule has 2 aliphatic carbocycles. The molecule has 0 unspecified atom stereocenters. The predicted molar refractivity (Wildman–Crippen MR) is 73.5 cm³/mol. The summed E-state index contributed by atoms with van der Waals surface area (Å²) in [5, 5.41) is 0. The average molecular weight is 275 g/mol. The summed E-state index contributed by atoms with van der Waals surface area (Å²) < 4.78 is 0. The molecule has 2 rings (SSSR count). The van der Waals surface area contributed by atoms with E-state index < -0.39 is 0 Å². The van der Waals surface area contributed by atoms with Gasteiger partial charge in [0.2, 0.25) is 0 Å². The molecule has 0 saturated carbocycles. The van der Waals surface area contributed by atoms with Crippen LogP contribution in [0.1, 0.15) is 51.4 Å². The van der Waals surface area contributed by atoms with E-state index in [4.69, 9.17) is 0 Å².